The highest BCUT2D eigenvalue weighted by Crippen LogP contribution is 2.35. The molecule has 0 fully saturated rings. The number of nitrogen functional groups attached to an aromatic ring is 1. The second kappa shape index (κ2) is 8.11. The first-order valence-electron chi connectivity index (χ1n) is 9.07. The molecule has 0 saturated carbocycles. The van der Waals surface area contributed by atoms with Gasteiger partial charge in [0.2, 0.25) is 0 Å². The summed E-state index contributed by atoms with van der Waals surface area (Å²) in [4.78, 5) is 28.1. The number of rotatable bonds is 7. The molecule has 3 rings (SSSR count). The number of esters is 1. The molecule has 0 aliphatic carbocycles. The van der Waals surface area contributed by atoms with Crippen LogP contribution in [0.25, 0.3) is 21.3 Å². The maximum absolute atomic E-state index is 11.9. The molecule has 0 radical (unpaired) electrons. The number of carbonyl (C=O) groups excluding carboxylic acids is 1. The third kappa shape index (κ3) is 4.25. The number of aromatic carboxylic acids is 1. The molecule has 0 spiro atoms. The smallest absolute Gasteiger partial charge is 0.335 e. The second-order valence-electron chi connectivity index (χ2n) is 7.41. The molecule has 30 heavy (non-hydrogen) atoms. The van der Waals surface area contributed by atoms with Gasteiger partial charge in [0, 0.05) is 17.7 Å². The largest absolute Gasteiger partial charge is 0.478 e. The average Bonchev–Trinajstić information content (AvgIpc) is 3.14. The van der Waals surface area contributed by atoms with E-state index in [1.165, 1.54) is 18.4 Å². The SMILES string of the molecule is COC(=O)C(C)(C)CNc1nc2c(-c3ccc(C(=N)N)cc3)cc(C(=O)O)cc2s1. The molecule has 0 atom stereocenters. The van der Waals surface area contributed by atoms with Crippen molar-refractivity contribution in [1.82, 2.24) is 4.98 Å². The minimum absolute atomic E-state index is 0.0423. The lowest BCUT2D eigenvalue weighted by atomic mass is 9.94. The highest BCUT2D eigenvalue weighted by molar-refractivity contribution is 7.22. The van der Waals surface area contributed by atoms with Crippen LogP contribution >= 0.6 is 11.3 Å². The van der Waals surface area contributed by atoms with E-state index >= 15 is 0 Å². The molecule has 156 valence electrons. The average molecular weight is 426 g/mol. The van der Waals surface area contributed by atoms with Gasteiger partial charge in [0.05, 0.1) is 28.3 Å². The number of benzene rings is 2. The van der Waals surface area contributed by atoms with E-state index in [-0.39, 0.29) is 17.4 Å². The number of methoxy groups -OCH3 is 1. The first-order chi connectivity index (χ1) is 14.1. The van der Waals surface area contributed by atoms with Gasteiger partial charge in [-0.1, -0.05) is 35.6 Å². The number of anilines is 1. The molecular formula is C21H22N4O4S. The van der Waals surface area contributed by atoms with Crippen LogP contribution in [0.4, 0.5) is 5.13 Å². The Hall–Kier alpha value is -3.46. The van der Waals surface area contributed by atoms with Crippen LogP contribution in [0.5, 0.6) is 0 Å². The fraction of sp³-hybridized carbons (Fsp3) is 0.238. The summed E-state index contributed by atoms with van der Waals surface area (Å²) < 4.78 is 5.53. The Morgan fingerprint density at radius 1 is 1.23 bits per heavy atom. The topological polar surface area (TPSA) is 138 Å². The number of aromatic nitrogens is 1. The fourth-order valence-corrected chi connectivity index (χ4v) is 3.85. The minimum atomic E-state index is -1.03. The number of amidine groups is 1. The summed E-state index contributed by atoms with van der Waals surface area (Å²) in [6.07, 6.45) is 0. The second-order valence-corrected chi connectivity index (χ2v) is 8.45. The number of hydrogen-bond donors (Lipinski definition) is 4. The van der Waals surface area contributed by atoms with Crippen LogP contribution in [0.2, 0.25) is 0 Å². The summed E-state index contributed by atoms with van der Waals surface area (Å²) in [7, 11) is 1.35. The Kier molecular flexibility index (Phi) is 5.75. The van der Waals surface area contributed by atoms with Gasteiger partial charge >= 0.3 is 11.9 Å². The van der Waals surface area contributed by atoms with E-state index in [2.05, 4.69) is 10.3 Å². The van der Waals surface area contributed by atoms with E-state index in [4.69, 9.17) is 15.9 Å². The lowest BCUT2D eigenvalue weighted by molar-refractivity contribution is -0.149. The van der Waals surface area contributed by atoms with Gasteiger partial charge in [-0.2, -0.15) is 0 Å². The van der Waals surface area contributed by atoms with Crippen LogP contribution < -0.4 is 11.1 Å². The quantitative estimate of drug-likeness (QED) is 0.257. The van der Waals surface area contributed by atoms with Crippen LogP contribution in [-0.4, -0.2) is 41.5 Å². The van der Waals surface area contributed by atoms with Crippen LogP contribution in [0.1, 0.15) is 29.8 Å². The van der Waals surface area contributed by atoms with Crippen LogP contribution in [0.15, 0.2) is 36.4 Å². The van der Waals surface area contributed by atoms with Crippen molar-refractivity contribution >= 4 is 44.5 Å². The summed E-state index contributed by atoms with van der Waals surface area (Å²) in [5.74, 6) is -1.41. The molecule has 0 aliphatic heterocycles. The van der Waals surface area contributed by atoms with Gasteiger partial charge in [-0.05, 0) is 31.5 Å². The Labute approximate surface area is 177 Å². The van der Waals surface area contributed by atoms with Gasteiger partial charge in [0.15, 0.2) is 5.13 Å². The van der Waals surface area contributed by atoms with Crippen molar-refractivity contribution in [3.63, 3.8) is 0 Å². The van der Waals surface area contributed by atoms with E-state index in [9.17, 15) is 14.7 Å². The zero-order valence-corrected chi connectivity index (χ0v) is 17.6. The third-order valence-corrected chi connectivity index (χ3v) is 5.63. The van der Waals surface area contributed by atoms with E-state index < -0.39 is 11.4 Å². The number of carboxylic acid groups (broad SMARTS) is 1. The predicted molar refractivity (Wildman–Crippen MR) is 117 cm³/mol. The highest BCUT2D eigenvalue weighted by atomic mass is 32.1. The molecular weight excluding hydrogens is 404 g/mol. The monoisotopic (exact) mass is 426 g/mol. The van der Waals surface area contributed by atoms with Gasteiger partial charge in [0.1, 0.15) is 5.84 Å². The fourth-order valence-electron chi connectivity index (χ4n) is 2.92. The summed E-state index contributed by atoms with van der Waals surface area (Å²) >= 11 is 1.31. The molecule has 3 aromatic rings. The van der Waals surface area contributed by atoms with Crippen molar-refractivity contribution in [1.29, 1.82) is 5.41 Å². The van der Waals surface area contributed by atoms with Crippen molar-refractivity contribution in [2.24, 2.45) is 11.1 Å². The van der Waals surface area contributed by atoms with Crippen molar-refractivity contribution in [3.05, 3.63) is 47.5 Å². The summed E-state index contributed by atoms with van der Waals surface area (Å²) in [6, 6.07) is 10.1. The van der Waals surface area contributed by atoms with E-state index in [0.717, 1.165) is 5.56 Å². The number of thiazole rings is 1. The van der Waals surface area contributed by atoms with Gasteiger partial charge in [0.25, 0.3) is 0 Å². The maximum atomic E-state index is 11.9. The minimum Gasteiger partial charge on any atom is -0.478 e. The Morgan fingerprint density at radius 2 is 1.90 bits per heavy atom. The highest BCUT2D eigenvalue weighted by Gasteiger charge is 2.29. The zero-order valence-electron chi connectivity index (χ0n) is 16.8. The first-order valence-corrected chi connectivity index (χ1v) is 9.89. The first kappa shape index (κ1) is 21.3. The normalized spacial score (nSPS) is 11.3. The van der Waals surface area contributed by atoms with Crippen molar-refractivity contribution in [2.75, 3.05) is 19.0 Å². The van der Waals surface area contributed by atoms with Crippen molar-refractivity contribution in [3.8, 4) is 11.1 Å². The molecule has 0 amide bonds. The number of fused-ring (bicyclic) bond motifs is 1. The summed E-state index contributed by atoms with van der Waals surface area (Å²) in [5, 5.41) is 20.8. The molecule has 1 aromatic heterocycles. The molecule has 5 N–H and O–H groups in total. The number of nitrogens with zero attached hydrogens (tertiary/aromatic N) is 1. The van der Waals surface area contributed by atoms with Gasteiger partial charge in [-0.25, -0.2) is 9.78 Å². The maximum Gasteiger partial charge on any atom is 0.335 e. The summed E-state index contributed by atoms with van der Waals surface area (Å²) in [6.45, 7) is 3.85. The number of ether oxygens (including phenoxy) is 1. The molecule has 1 heterocycles. The van der Waals surface area contributed by atoms with E-state index in [1.54, 1.807) is 50.2 Å². The lowest BCUT2D eigenvalue weighted by Gasteiger charge is -2.21. The molecule has 0 saturated heterocycles. The molecule has 9 heteroatoms. The number of nitrogens with two attached hydrogens (primary N) is 1. The van der Waals surface area contributed by atoms with Gasteiger partial charge in [-0.15, -0.1) is 0 Å². The van der Waals surface area contributed by atoms with E-state index in [0.29, 0.717) is 33.0 Å². The van der Waals surface area contributed by atoms with Crippen LogP contribution in [0.3, 0.4) is 0 Å². The van der Waals surface area contributed by atoms with Crippen molar-refractivity contribution < 1.29 is 19.4 Å². The van der Waals surface area contributed by atoms with Gasteiger partial charge < -0.3 is 20.9 Å². The zero-order chi connectivity index (χ0) is 22.1. The Balaban J connectivity index is 2.03. The molecule has 0 bridgehead atoms. The van der Waals surface area contributed by atoms with Gasteiger partial charge in [-0.3, -0.25) is 10.2 Å². The Morgan fingerprint density at radius 3 is 2.47 bits per heavy atom. The lowest BCUT2D eigenvalue weighted by Crippen LogP contribution is -2.33. The van der Waals surface area contributed by atoms with E-state index in [1.807, 2.05) is 0 Å². The number of hydrogen-bond acceptors (Lipinski definition) is 7. The molecule has 0 aliphatic rings. The standard InChI is InChI=1S/C21H22N4O4S/c1-21(2,19(28)29-3)10-24-20-25-16-14(8-13(18(26)27)9-15(16)30-20)11-4-6-12(7-5-11)17(22)23/h4-9H,10H2,1-3H3,(H3,22,23)(H,24,25)(H,26,27). The predicted octanol–water partition coefficient (Wildman–Crippen LogP) is 3.56. The number of nitrogens with one attached hydrogen (secondary N) is 2. The summed E-state index contributed by atoms with van der Waals surface area (Å²) in [5.41, 5.74) is 7.58. The number of carboxylic acids is 1. The van der Waals surface area contributed by atoms with Crippen LogP contribution in [-0.2, 0) is 9.53 Å². The number of carbonyl (C=O) groups is 2. The Bertz CT molecular complexity index is 1140. The van der Waals surface area contributed by atoms with Crippen LogP contribution in [0, 0.1) is 10.8 Å². The molecule has 0 unspecified atom stereocenters. The van der Waals surface area contributed by atoms with Crippen molar-refractivity contribution in [2.45, 2.75) is 13.8 Å². The molecule has 2 aromatic carbocycles. The third-order valence-electron chi connectivity index (χ3n) is 4.67. The molecule has 8 nitrogen and oxygen atoms in total.